The molecule has 3 N–H and O–H groups in total. The SMILES string of the molecule is CC[n+]1c2ccccc2nc2c(OCCCCN)cccc21.CC[n+]1c2ccccc2nc2c(OCCCCN3C(=O)c4ccccc4C3=O)cccc21.O=C1c2ccccc2C(=O)N1CCCCBr.O=C1c2ccccc2C(=O)N1CCCCOc1cccc2nc3ccccc3nc12.O=CO[O-].Oc1cccc2nc3ccccc3nc12.[CH3-].[CH3-].[H-].[K+].[K+]. The van der Waals surface area contributed by atoms with E-state index >= 15 is 0 Å². The Labute approximate surface area is 807 Å². The van der Waals surface area contributed by atoms with Crippen LogP contribution in [0.15, 0.2) is 243 Å². The number of aryl methyl sites for hydroxylation is 2. The van der Waals surface area contributed by atoms with Crippen LogP contribution >= 0.6 is 15.9 Å². The number of phenols is 1. The second kappa shape index (κ2) is 47.4. The topological polar surface area (TPSA) is 321 Å². The van der Waals surface area contributed by atoms with E-state index in [0.717, 1.165) is 139 Å². The van der Waals surface area contributed by atoms with E-state index in [9.17, 15) is 33.9 Å². The Hall–Kier alpha value is -10.4. The van der Waals surface area contributed by atoms with Crippen molar-refractivity contribution < 1.29 is 176 Å². The molecular weight excluding hydrogens is 1680 g/mol. The second-order valence-corrected chi connectivity index (χ2v) is 28.4. The molecule has 0 unspecified atom stereocenters. The number of phenolic OH excluding ortho intramolecular Hbond substituents is 1. The van der Waals surface area contributed by atoms with Crippen molar-refractivity contribution in [3.05, 3.63) is 291 Å². The molecule has 4 aromatic heterocycles. The maximum Gasteiger partial charge on any atom is 1.00 e. The van der Waals surface area contributed by atoms with E-state index in [4.69, 9.17) is 44.9 Å². The molecule has 3 aliphatic rings. The number of hydrogen-bond donors (Lipinski definition) is 2. The fraction of sp³-hybridized carbons (Fsp3) is 0.211. The number of alkyl halides is 1. The summed E-state index contributed by atoms with van der Waals surface area (Å²) < 4.78 is 22.5. The van der Waals surface area contributed by atoms with Crippen LogP contribution in [0.3, 0.4) is 0 Å². The Bertz CT molecular complexity index is 6180. The summed E-state index contributed by atoms with van der Waals surface area (Å²) >= 11 is 3.33. The van der Waals surface area contributed by atoms with E-state index in [1.165, 1.54) is 14.7 Å². The van der Waals surface area contributed by atoms with Gasteiger partial charge in [0, 0.05) is 49.2 Å². The molecule has 3 aliphatic heterocycles. The maximum absolute atomic E-state index is 12.5. The number of aromatic hydroxyl groups is 1. The minimum atomic E-state index is -0.215. The average Bonchev–Trinajstić information content (AvgIpc) is 1.48. The zero-order chi connectivity index (χ0) is 83.2. The summed E-state index contributed by atoms with van der Waals surface area (Å²) in [7, 11) is 0. The molecule has 11 aromatic carbocycles. The maximum atomic E-state index is 12.5. The zero-order valence-electron chi connectivity index (χ0n) is 70.6. The number of unbranched alkanes of at least 4 members (excludes halogenated alkanes) is 4. The van der Waals surface area contributed by atoms with Crippen molar-refractivity contribution in [3.63, 3.8) is 0 Å². The number of benzene rings is 11. The molecule has 7 heterocycles. The van der Waals surface area contributed by atoms with Gasteiger partial charge in [0.25, 0.3) is 41.9 Å². The second-order valence-electron chi connectivity index (χ2n) is 27.6. The van der Waals surface area contributed by atoms with Gasteiger partial charge < -0.3 is 51.5 Å². The number of para-hydroxylation sites is 12. The van der Waals surface area contributed by atoms with Crippen LogP contribution in [0.1, 0.15) is 129 Å². The first-order valence-electron chi connectivity index (χ1n) is 39.4. The molecule has 0 atom stereocenters. The van der Waals surface area contributed by atoms with Gasteiger partial charge in [-0.25, -0.2) is 29.9 Å². The number of nitrogens with zero attached hydrogens (tertiary/aromatic N) is 11. The molecule has 123 heavy (non-hydrogen) atoms. The first kappa shape index (κ1) is 96.4. The van der Waals surface area contributed by atoms with E-state index < -0.39 is 0 Å². The molecule has 0 saturated heterocycles. The Morgan fingerprint density at radius 1 is 0.366 bits per heavy atom. The molecular formula is C95H93BrK2N12O13. The molecule has 620 valence electrons. The third kappa shape index (κ3) is 22.8. The summed E-state index contributed by atoms with van der Waals surface area (Å²) in [6, 6.07) is 75.7. The third-order valence-corrected chi connectivity index (χ3v) is 20.6. The number of fused-ring (bicyclic) bond motifs is 11. The molecule has 25 nitrogen and oxygen atoms in total. The smallest absolute Gasteiger partial charge is 1.00 e. The van der Waals surface area contributed by atoms with Gasteiger partial charge in [-0.2, -0.15) is 9.13 Å². The summed E-state index contributed by atoms with van der Waals surface area (Å²) in [6.07, 6.45) is 6.55. The van der Waals surface area contributed by atoms with Gasteiger partial charge in [0.1, 0.15) is 46.7 Å². The van der Waals surface area contributed by atoms with Crippen LogP contribution in [-0.2, 0) is 22.8 Å². The summed E-state index contributed by atoms with van der Waals surface area (Å²) in [5.41, 5.74) is 22.8. The summed E-state index contributed by atoms with van der Waals surface area (Å²) in [4.78, 5) is 117. The Kier molecular flexibility index (Phi) is 37.2. The number of nitrogens with two attached hydrogens (primary N) is 1. The van der Waals surface area contributed by atoms with E-state index in [-0.39, 0.29) is 167 Å². The van der Waals surface area contributed by atoms with Gasteiger partial charge in [0.15, 0.2) is 22.5 Å². The molecule has 28 heteroatoms. The standard InChI is InChI=1S/C26H24N3O3.C24H19N3O3.C18H22N3O.C12H12BrNO2.C12H8N2O.CH2O3.2CH3.2K.H/c1-2-28-21-13-6-5-12-20(21)27-24-22(28)14-9-15-23(24)32-17-8-7-16-29-25(30)18-10-3-4-11-19(18)26(29)31;28-23-16-8-1-2-9-17(16)24(29)27(23)14-5-6-15-30-21-13-7-12-20-22(21)26-19-11-4-3-10-18(19)25-20;1-2-21-15-9-4-3-8-14(15)20-18-16(21)10-7-11-17(18)22-13-6-5-12-19;13-7-3-4-8-14-11(15)9-5-1-2-6-10(9)12(14)16;15-11-7-3-6-10-12(11)14-9-5-2-1-4-8(9)13-10;2-1-4-3;;;;;/h3-6,9-15H,2,7-8,16-17H2,1H3;1-4,7-13H,5-6,14-15H2;3-4,7-11H,2,5-6,12-13,19H2,1H3;1-2,5-6H,3-4,7-8H2;1-7,15H;1,3H;2*1H3;;;/q+1;;+1;;;;2*-1;2*+1;-1/p-1. The van der Waals surface area contributed by atoms with E-state index in [1.54, 1.807) is 84.9 Å². The van der Waals surface area contributed by atoms with Crippen LogP contribution in [0.5, 0.6) is 23.0 Å². The zero-order valence-corrected chi connectivity index (χ0v) is 77.5. The quantitative estimate of drug-likeness (QED) is 0.00543. The van der Waals surface area contributed by atoms with Gasteiger partial charge in [-0.05, 0) is 181 Å². The Morgan fingerprint density at radius 3 is 1.00 bits per heavy atom. The van der Waals surface area contributed by atoms with Crippen molar-refractivity contribution in [2.24, 2.45) is 5.73 Å². The van der Waals surface area contributed by atoms with Crippen LogP contribution in [0.2, 0.25) is 0 Å². The monoisotopic (exact) mass is 1770 g/mol. The Morgan fingerprint density at radius 2 is 0.642 bits per heavy atom. The molecule has 0 radical (unpaired) electrons. The number of carbonyl (C=O) groups is 7. The third-order valence-electron chi connectivity index (χ3n) is 20.0. The van der Waals surface area contributed by atoms with E-state index in [2.05, 4.69) is 89.1 Å². The first-order chi connectivity index (χ1) is 58.3. The number of imide groups is 3. The first-order valence-corrected chi connectivity index (χ1v) is 40.5. The van der Waals surface area contributed by atoms with Crippen LogP contribution in [0.25, 0.3) is 88.3 Å². The van der Waals surface area contributed by atoms with Gasteiger partial charge >= 0.3 is 103 Å². The Balaban J connectivity index is 0.000000193. The van der Waals surface area contributed by atoms with Crippen molar-refractivity contribution >= 4 is 146 Å². The normalized spacial score (nSPS) is 12.1. The molecule has 0 bridgehead atoms. The number of aromatic nitrogens is 8. The van der Waals surface area contributed by atoms with Crippen LogP contribution in [-0.4, -0.2) is 143 Å². The minimum absolute atomic E-state index is 0. The van der Waals surface area contributed by atoms with Gasteiger partial charge in [-0.3, -0.25) is 48.3 Å². The molecule has 0 fully saturated rings. The fourth-order valence-electron chi connectivity index (χ4n) is 14.3. The van der Waals surface area contributed by atoms with Gasteiger partial charge in [-0.1, -0.05) is 125 Å². The number of rotatable bonds is 24. The predicted molar refractivity (Wildman–Crippen MR) is 469 cm³/mol. The largest absolute Gasteiger partial charge is 1.00 e. The molecule has 18 rings (SSSR count). The van der Waals surface area contributed by atoms with Crippen molar-refractivity contribution in [3.8, 4) is 23.0 Å². The van der Waals surface area contributed by atoms with Crippen molar-refractivity contribution in [1.29, 1.82) is 0 Å². The fourth-order valence-corrected chi connectivity index (χ4v) is 14.7. The number of halogens is 1. The molecule has 15 aromatic rings. The van der Waals surface area contributed by atoms with Crippen LogP contribution in [0.4, 0.5) is 0 Å². The van der Waals surface area contributed by atoms with E-state index in [1.807, 2.05) is 127 Å². The average molecular weight is 1770 g/mol. The van der Waals surface area contributed by atoms with Crippen LogP contribution in [0, 0.1) is 14.9 Å². The van der Waals surface area contributed by atoms with Gasteiger partial charge in [0.05, 0.1) is 86.3 Å². The minimum Gasteiger partial charge on any atom is -1.00 e. The number of carbonyl (C=O) groups excluding carboxylic acids is 7. The predicted octanol–water partition coefficient (Wildman–Crippen LogP) is 9.60. The number of ether oxygens (including phenoxy) is 3. The number of hydrogen-bond acceptors (Lipinski definition) is 20. The molecule has 0 saturated carbocycles. The molecule has 0 aliphatic carbocycles. The summed E-state index contributed by atoms with van der Waals surface area (Å²) in [5.74, 6) is 1.29. The summed E-state index contributed by atoms with van der Waals surface area (Å²) in [5, 5.41) is 19.0. The van der Waals surface area contributed by atoms with E-state index in [0.29, 0.717) is 115 Å². The van der Waals surface area contributed by atoms with Gasteiger partial charge in [-0.15, -0.1) is 0 Å². The van der Waals surface area contributed by atoms with Crippen molar-refractivity contribution in [2.75, 3.05) is 51.3 Å². The summed E-state index contributed by atoms with van der Waals surface area (Å²) in [6.45, 7) is 9.46. The van der Waals surface area contributed by atoms with Gasteiger partial charge in [0.2, 0.25) is 22.1 Å². The molecule has 6 amide bonds. The van der Waals surface area contributed by atoms with Crippen LogP contribution < -0.4 is 137 Å². The molecule has 0 spiro atoms. The van der Waals surface area contributed by atoms with Crippen molar-refractivity contribution in [2.45, 2.75) is 78.3 Å². The van der Waals surface area contributed by atoms with Crippen molar-refractivity contribution in [1.82, 2.24) is 44.6 Å². The number of amides is 6.